The fraction of sp³-hybridized carbons (Fsp3) is 0.529. The Hall–Kier alpha value is -1.84. The van der Waals surface area contributed by atoms with Crippen molar-refractivity contribution >= 4 is 11.8 Å². The Morgan fingerprint density at radius 1 is 1.24 bits per heavy atom. The lowest BCUT2D eigenvalue weighted by Crippen LogP contribution is -2.62. The van der Waals surface area contributed by atoms with Crippen molar-refractivity contribution in [3.8, 4) is 0 Å². The predicted molar refractivity (Wildman–Crippen MR) is 80.7 cm³/mol. The Morgan fingerprint density at radius 3 is 2.43 bits per heavy atom. The van der Waals surface area contributed by atoms with E-state index in [4.69, 9.17) is 0 Å². The fourth-order valence-corrected chi connectivity index (χ4v) is 3.38. The van der Waals surface area contributed by atoms with Crippen LogP contribution in [0, 0.1) is 5.92 Å². The summed E-state index contributed by atoms with van der Waals surface area (Å²) in [5.74, 6) is 0.227. The van der Waals surface area contributed by atoms with Gasteiger partial charge in [-0.1, -0.05) is 44.5 Å². The van der Waals surface area contributed by atoms with Crippen molar-refractivity contribution in [2.24, 2.45) is 5.92 Å². The number of amides is 2. The molecule has 4 nitrogen and oxygen atoms in total. The molecule has 0 bridgehead atoms. The molecular formula is C17H22N2O2. The molecule has 1 aromatic rings. The van der Waals surface area contributed by atoms with E-state index in [9.17, 15) is 9.59 Å². The second kappa shape index (κ2) is 5.51. The van der Waals surface area contributed by atoms with Crippen LogP contribution in [0.2, 0.25) is 0 Å². The number of nitrogens with zero attached hydrogens (tertiary/aromatic N) is 1. The maximum Gasteiger partial charge on any atom is 0.246 e. The first-order valence-electron chi connectivity index (χ1n) is 7.76. The topological polar surface area (TPSA) is 49.4 Å². The summed E-state index contributed by atoms with van der Waals surface area (Å²) in [6, 6.07) is 8.08. The lowest BCUT2D eigenvalue weighted by Gasteiger charge is -2.38. The highest BCUT2D eigenvalue weighted by Gasteiger charge is 2.40. The first-order valence-corrected chi connectivity index (χ1v) is 7.76. The molecule has 1 fully saturated rings. The van der Waals surface area contributed by atoms with Crippen LogP contribution in [0.1, 0.15) is 31.4 Å². The minimum atomic E-state index is -0.361. The summed E-state index contributed by atoms with van der Waals surface area (Å²) in [5.41, 5.74) is 2.61. The van der Waals surface area contributed by atoms with E-state index in [1.807, 2.05) is 19.1 Å². The SMILES string of the molecule is CCC(C)C1NC(=O)CN(C2Cc3ccccc3C2)C1=O. The van der Waals surface area contributed by atoms with Crippen molar-refractivity contribution in [2.45, 2.75) is 45.2 Å². The molecule has 3 rings (SSSR count). The Morgan fingerprint density at radius 2 is 1.86 bits per heavy atom. The second-order valence-corrected chi connectivity index (χ2v) is 6.23. The molecule has 2 unspecified atom stereocenters. The van der Waals surface area contributed by atoms with Crippen LogP contribution in [0.15, 0.2) is 24.3 Å². The van der Waals surface area contributed by atoms with Crippen LogP contribution in [-0.2, 0) is 22.4 Å². The molecule has 2 aliphatic rings. The molecule has 0 spiro atoms. The maximum absolute atomic E-state index is 12.7. The number of fused-ring (bicyclic) bond motifs is 1. The third-order valence-electron chi connectivity index (χ3n) is 4.86. The molecule has 2 atom stereocenters. The van der Waals surface area contributed by atoms with Crippen molar-refractivity contribution in [1.29, 1.82) is 0 Å². The molecule has 1 N–H and O–H groups in total. The van der Waals surface area contributed by atoms with E-state index in [0.29, 0.717) is 0 Å². The first kappa shape index (κ1) is 14.1. The number of hydrogen-bond acceptors (Lipinski definition) is 2. The normalized spacial score (nSPS) is 23.9. The summed E-state index contributed by atoms with van der Waals surface area (Å²) in [7, 11) is 0. The van der Waals surface area contributed by atoms with Gasteiger partial charge in [-0.05, 0) is 29.9 Å². The quantitative estimate of drug-likeness (QED) is 0.916. The Kier molecular flexibility index (Phi) is 3.70. The molecule has 0 radical (unpaired) electrons. The van der Waals surface area contributed by atoms with Crippen LogP contribution in [0.5, 0.6) is 0 Å². The molecular weight excluding hydrogens is 264 g/mol. The van der Waals surface area contributed by atoms with E-state index in [0.717, 1.165) is 19.3 Å². The van der Waals surface area contributed by atoms with Gasteiger partial charge in [0.1, 0.15) is 6.04 Å². The van der Waals surface area contributed by atoms with Crippen molar-refractivity contribution in [1.82, 2.24) is 10.2 Å². The van der Waals surface area contributed by atoms with Gasteiger partial charge in [0, 0.05) is 6.04 Å². The summed E-state index contributed by atoms with van der Waals surface area (Å²) < 4.78 is 0. The van der Waals surface area contributed by atoms with Crippen molar-refractivity contribution in [3.63, 3.8) is 0 Å². The zero-order valence-electron chi connectivity index (χ0n) is 12.6. The van der Waals surface area contributed by atoms with E-state index in [1.165, 1.54) is 11.1 Å². The minimum absolute atomic E-state index is 0.0316. The van der Waals surface area contributed by atoms with Crippen LogP contribution in [-0.4, -0.2) is 35.3 Å². The summed E-state index contributed by atoms with van der Waals surface area (Å²) in [4.78, 5) is 26.5. The number of rotatable bonds is 3. The Balaban J connectivity index is 1.79. The number of carbonyl (C=O) groups is 2. The van der Waals surface area contributed by atoms with Crippen LogP contribution >= 0.6 is 0 Å². The highest BCUT2D eigenvalue weighted by Crippen LogP contribution is 2.27. The molecule has 0 aromatic heterocycles. The van der Waals surface area contributed by atoms with Gasteiger partial charge in [0.05, 0.1) is 6.54 Å². The molecule has 1 aromatic carbocycles. The van der Waals surface area contributed by atoms with E-state index in [-0.39, 0.29) is 36.4 Å². The minimum Gasteiger partial charge on any atom is -0.342 e. The van der Waals surface area contributed by atoms with E-state index >= 15 is 0 Å². The monoisotopic (exact) mass is 286 g/mol. The third kappa shape index (κ3) is 2.55. The van der Waals surface area contributed by atoms with Crippen molar-refractivity contribution in [3.05, 3.63) is 35.4 Å². The third-order valence-corrected chi connectivity index (χ3v) is 4.86. The van der Waals surface area contributed by atoms with Crippen LogP contribution in [0.4, 0.5) is 0 Å². The summed E-state index contributed by atoms with van der Waals surface area (Å²) in [5, 5.41) is 2.86. The smallest absolute Gasteiger partial charge is 0.246 e. The molecule has 2 amide bonds. The molecule has 4 heteroatoms. The highest BCUT2D eigenvalue weighted by atomic mass is 16.2. The average molecular weight is 286 g/mol. The summed E-state index contributed by atoms with van der Waals surface area (Å²) in [6.45, 7) is 4.27. The largest absolute Gasteiger partial charge is 0.342 e. The number of nitrogens with one attached hydrogen (secondary N) is 1. The summed E-state index contributed by atoms with van der Waals surface area (Å²) >= 11 is 0. The molecule has 0 saturated carbocycles. The van der Waals surface area contributed by atoms with Gasteiger partial charge in [-0.25, -0.2) is 0 Å². The predicted octanol–water partition coefficient (Wildman–Crippen LogP) is 1.53. The van der Waals surface area contributed by atoms with Gasteiger partial charge >= 0.3 is 0 Å². The maximum atomic E-state index is 12.7. The van der Waals surface area contributed by atoms with E-state index in [1.54, 1.807) is 4.90 Å². The Bertz CT molecular complexity index is 545. The molecule has 21 heavy (non-hydrogen) atoms. The first-order chi connectivity index (χ1) is 10.1. The van der Waals surface area contributed by atoms with E-state index in [2.05, 4.69) is 24.4 Å². The van der Waals surface area contributed by atoms with Gasteiger partial charge in [-0.15, -0.1) is 0 Å². The zero-order valence-corrected chi connectivity index (χ0v) is 12.6. The second-order valence-electron chi connectivity index (χ2n) is 6.23. The van der Waals surface area contributed by atoms with Crippen LogP contribution < -0.4 is 5.32 Å². The molecule has 1 aliphatic carbocycles. The molecule has 1 saturated heterocycles. The van der Waals surface area contributed by atoms with Gasteiger partial charge in [-0.3, -0.25) is 9.59 Å². The summed E-state index contributed by atoms with van der Waals surface area (Å²) in [6.07, 6.45) is 2.61. The number of piperazine rings is 1. The zero-order chi connectivity index (χ0) is 15.0. The van der Waals surface area contributed by atoms with Gasteiger partial charge in [0.25, 0.3) is 0 Å². The molecule has 112 valence electrons. The molecule has 1 aliphatic heterocycles. The molecule has 1 heterocycles. The fourth-order valence-electron chi connectivity index (χ4n) is 3.38. The lowest BCUT2D eigenvalue weighted by atomic mass is 9.95. The van der Waals surface area contributed by atoms with Crippen LogP contribution in [0.3, 0.4) is 0 Å². The lowest BCUT2D eigenvalue weighted by molar-refractivity contribution is -0.148. The number of carbonyl (C=O) groups excluding carboxylic acids is 2. The Labute approximate surface area is 125 Å². The van der Waals surface area contributed by atoms with E-state index < -0.39 is 0 Å². The average Bonchev–Trinajstić information content (AvgIpc) is 2.92. The van der Waals surface area contributed by atoms with Gasteiger partial charge in [0.2, 0.25) is 11.8 Å². The number of hydrogen-bond donors (Lipinski definition) is 1. The van der Waals surface area contributed by atoms with Crippen molar-refractivity contribution < 1.29 is 9.59 Å². The van der Waals surface area contributed by atoms with Gasteiger partial charge in [-0.2, -0.15) is 0 Å². The van der Waals surface area contributed by atoms with Crippen LogP contribution in [0.25, 0.3) is 0 Å². The van der Waals surface area contributed by atoms with Gasteiger partial charge in [0.15, 0.2) is 0 Å². The standard InChI is InChI=1S/C17H22N2O2/c1-3-11(2)16-17(21)19(10-15(20)18-16)14-8-12-6-4-5-7-13(12)9-14/h4-7,11,14,16H,3,8-10H2,1-2H3,(H,18,20). The van der Waals surface area contributed by atoms with Gasteiger partial charge < -0.3 is 10.2 Å². The van der Waals surface area contributed by atoms with Crippen molar-refractivity contribution in [2.75, 3.05) is 6.54 Å². The highest BCUT2D eigenvalue weighted by molar-refractivity contribution is 5.95. The number of benzene rings is 1.